The van der Waals surface area contributed by atoms with Crippen molar-refractivity contribution < 1.29 is 14.2 Å². The van der Waals surface area contributed by atoms with Crippen LogP contribution in [-0.2, 0) is 6.61 Å². The third-order valence-electron chi connectivity index (χ3n) is 6.03. The lowest BCUT2D eigenvalue weighted by molar-refractivity contribution is 0.285. The first-order valence-electron chi connectivity index (χ1n) is 11.7. The number of aromatic nitrogens is 3. The Morgan fingerprint density at radius 2 is 1.61 bits per heavy atom. The number of hydrogen-bond donors (Lipinski definition) is 0. The maximum absolute atomic E-state index is 6.47. The first kappa shape index (κ1) is 23.3. The van der Waals surface area contributed by atoms with Crippen LogP contribution in [0.15, 0.2) is 79.1 Å². The Morgan fingerprint density at radius 1 is 0.778 bits per heavy atom. The maximum Gasteiger partial charge on any atom is 0.163 e. The van der Waals surface area contributed by atoms with Gasteiger partial charge in [-0.3, -0.25) is 9.97 Å². The Kier molecular flexibility index (Phi) is 6.50. The number of methoxy groups -OCH3 is 1. The second kappa shape index (κ2) is 10.0. The number of aryl methyl sites for hydroxylation is 3. The van der Waals surface area contributed by atoms with E-state index in [2.05, 4.69) is 9.97 Å². The van der Waals surface area contributed by atoms with Gasteiger partial charge in [0.1, 0.15) is 18.1 Å². The van der Waals surface area contributed by atoms with Crippen LogP contribution in [0.2, 0.25) is 0 Å². The smallest absolute Gasteiger partial charge is 0.163 e. The van der Waals surface area contributed by atoms with Crippen molar-refractivity contribution in [2.24, 2.45) is 0 Å². The molecule has 0 aliphatic carbocycles. The van der Waals surface area contributed by atoms with Crippen molar-refractivity contribution in [3.05, 3.63) is 102 Å². The molecule has 0 aliphatic rings. The summed E-state index contributed by atoms with van der Waals surface area (Å²) in [6, 6.07) is 21.6. The predicted molar refractivity (Wildman–Crippen MR) is 141 cm³/mol. The Hall–Kier alpha value is -4.45. The van der Waals surface area contributed by atoms with Gasteiger partial charge in [0.25, 0.3) is 0 Å². The molecule has 0 spiro atoms. The van der Waals surface area contributed by atoms with Gasteiger partial charge in [-0.05, 0) is 61.7 Å². The number of ether oxygens (including phenoxy) is 3. The van der Waals surface area contributed by atoms with Crippen molar-refractivity contribution in [2.75, 3.05) is 7.11 Å². The average molecular weight is 478 g/mol. The normalized spacial score (nSPS) is 10.9. The van der Waals surface area contributed by atoms with Crippen molar-refractivity contribution in [1.29, 1.82) is 0 Å². The molecule has 180 valence electrons. The van der Waals surface area contributed by atoms with Gasteiger partial charge in [-0.15, -0.1) is 0 Å². The zero-order chi connectivity index (χ0) is 25.1. The molecule has 5 rings (SSSR count). The molecule has 6 nitrogen and oxygen atoms in total. The minimum atomic E-state index is 0.431. The molecule has 3 aromatic heterocycles. The van der Waals surface area contributed by atoms with Gasteiger partial charge in [0.15, 0.2) is 17.2 Å². The van der Waals surface area contributed by atoms with E-state index in [4.69, 9.17) is 19.2 Å². The fraction of sp³-hybridized carbons (Fsp3) is 0.167. The molecule has 0 fully saturated rings. The Bertz CT molecular complexity index is 1520. The minimum Gasteiger partial charge on any atom is -0.493 e. The summed E-state index contributed by atoms with van der Waals surface area (Å²) < 4.78 is 18.2. The van der Waals surface area contributed by atoms with Crippen LogP contribution in [0.4, 0.5) is 0 Å². The fourth-order valence-electron chi connectivity index (χ4n) is 3.89. The molecule has 2 aromatic carbocycles. The first-order chi connectivity index (χ1) is 17.5. The monoisotopic (exact) mass is 477 g/mol. The van der Waals surface area contributed by atoms with Gasteiger partial charge in [0.05, 0.1) is 18.3 Å². The second-order valence-electron chi connectivity index (χ2n) is 8.66. The predicted octanol–water partition coefficient (Wildman–Crippen LogP) is 7.00. The van der Waals surface area contributed by atoms with E-state index < -0.39 is 0 Å². The van der Waals surface area contributed by atoms with Gasteiger partial charge in [-0.2, -0.15) is 0 Å². The number of pyridine rings is 3. The van der Waals surface area contributed by atoms with E-state index >= 15 is 0 Å². The molecule has 0 aliphatic heterocycles. The largest absolute Gasteiger partial charge is 0.493 e. The van der Waals surface area contributed by atoms with E-state index in [1.165, 1.54) is 0 Å². The molecule has 5 aromatic rings. The summed E-state index contributed by atoms with van der Waals surface area (Å²) in [5.74, 6) is 2.50. The lowest BCUT2D eigenvalue weighted by Crippen LogP contribution is -2.00. The van der Waals surface area contributed by atoms with E-state index in [9.17, 15) is 0 Å². The molecule has 0 saturated heterocycles. The third kappa shape index (κ3) is 4.84. The summed E-state index contributed by atoms with van der Waals surface area (Å²) in [5, 5.41) is 0.808. The second-order valence-corrected chi connectivity index (χ2v) is 8.66. The Morgan fingerprint density at radius 3 is 2.36 bits per heavy atom. The van der Waals surface area contributed by atoms with E-state index in [1.807, 2.05) is 93.7 Å². The fourth-order valence-corrected chi connectivity index (χ4v) is 3.89. The van der Waals surface area contributed by atoms with Gasteiger partial charge < -0.3 is 14.2 Å². The highest BCUT2D eigenvalue weighted by Gasteiger charge is 2.17. The average Bonchev–Trinajstić information content (AvgIpc) is 2.90. The highest BCUT2D eigenvalue weighted by Crippen LogP contribution is 2.39. The summed E-state index contributed by atoms with van der Waals surface area (Å²) >= 11 is 0. The molecule has 36 heavy (non-hydrogen) atoms. The van der Waals surface area contributed by atoms with Gasteiger partial charge in [0.2, 0.25) is 0 Å². The topological polar surface area (TPSA) is 66.4 Å². The lowest BCUT2D eigenvalue weighted by Gasteiger charge is -2.16. The first-order valence-corrected chi connectivity index (χ1v) is 11.7. The van der Waals surface area contributed by atoms with Crippen molar-refractivity contribution in [3.8, 4) is 34.4 Å². The van der Waals surface area contributed by atoms with Crippen LogP contribution in [0, 0.1) is 20.8 Å². The molecule has 0 atom stereocenters. The Balaban J connectivity index is 1.53. The molecule has 0 bridgehead atoms. The molecule has 0 saturated carbocycles. The van der Waals surface area contributed by atoms with Crippen LogP contribution in [0.3, 0.4) is 0 Å². The number of fused-ring (bicyclic) bond motifs is 1. The summed E-state index contributed by atoms with van der Waals surface area (Å²) in [6.45, 7) is 6.45. The summed E-state index contributed by atoms with van der Waals surface area (Å²) in [7, 11) is 1.63. The van der Waals surface area contributed by atoms with E-state index in [1.54, 1.807) is 13.3 Å². The molecule has 3 heterocycles. The molecule has 0 N–H and O–H groups in total. The quantitative estimate of drug-likeness (QED) is 0.251. The standard InChI is InChI=1S/C30H27N3O3/c1-19-10-11-24(32-17-19)30-29(14-20(2)21(3)33-30)36-26-12-13-31-25-16-28(27(34-4)15-23(25)26)35-18-22-8-6-5-7-9-22/h5-17H,18H2,1-4H3. The summed E-state index contributed by atoms with van der Waals surface area (Å²) in [6.07, 6.45) is 3.56. The van der Waals surface area contributed by atoms with E-state index in [0.717, 1.165) is 39.0 Å². The summed E-state index contributed by atoms with van der Waals surface area (Å²) in [4.78, 5) is 13.9. The van der Waals surface area contributed by atoms with Crippen molar-refractivity contribution in [1.82, 2.24) is 15.0 Å². The van der Waals surface area contributed by atoms with Crippen LogP contribution in [0.5, 0.6) is 23.0 Å². The van der Waals surface area contributed by atoms with Crippen LogP contribution >= 0.6 is 0 Å². The van der Waals surface area contributed by atoms with Crippen molar-refractivity contribution in [3.63, 3.8) is 0 Å². The zero-order valence-corrected chi connectivity index (χ0v) is 20.8. The van der Waals surface area contributed by atoms with Gasteiger partial charge >= 0.3 is 0 Å². The highest BCUT2D eigenvalue weighted by atomic mass is 16.5. The van der Waals surface area contributed by atoms with Crippen molar-refractivity contribution in [2.45, 2.75) is 27.4 Å². The van der Waals surface area contributed by atoms with Gasteiger partial charge in [-0.25, -0.2) is 4.98 Å². The van der Waals surface area contributed by atoms with Gasteiger partial charge in [0, 0.05) is 29.5 Å². The van der Waals surface area contributed by atoms with Gasteiger partial charge in [-0.1, -0.05) is 36.4 Å². The zero-order valence-electron chi connectivity index (χ0n) is 20.8. The van der Waals surface area contributed by atoms with E-state index in [0.29, 0.717) is 35.3 Å². The number of rotatable bonds is 7. The lowest BCUT2D eigenvalue weighted by atomic mass is 10.1. The van der Waals surface area contributed by atoms with Crippen LogP contribution in [-0.4, -0.2) is 22.1 Å². The molecule has 0 radical (unpaired) electrons. The summed E-state index contributed by atoms with van der Waals surface area (Å²) in [5.41, 5.74) is 6.31. The molecule has 0 amide bonds. The minimum absolute atomic E-state index is 0.431. The van der Waals surface area contributed by atoms with Crippen molar-refractivity contribution >= 4 is 10.9 Å². The van der Waals surface area contributed by atoms with Crippen LogP contribution < -0.4 is 14.2 Å². The van der Waals surface area contributed by atoms with Crippen LogP contribution in [0.1, 0.15) is 22.4 Å². The number of benzene rings is 2. The number of hydrogen-bond acceptors (Lipinski definition) is 6. The third-order valence-corrected chi connectivity index (χ3v) is 6.03. The highest BCUT2D eigenvalue weighted by molar-refractivity contribution is 5.88. The van der Waals surface area contributed by atoms with Crippen LogP contribution in [0.25, 0.3) is 22.3 Å². The molecular weight excluding hydrogens is 450 g/mol. The SMILES string of the molecule is COc1cc2c(Oc3cc(C)c(C)nc3-c3ccc(C)cn3)ccnc2cc1OCc1ccccc1. The number of nitrogens with zero attached hydrogens (tertiary/aromatic N) is 3. The molecular formula is C30H27N3O3. The molecule has 6 heteroatoms. The Labute approximate surface area is 210 Å². The maximum atomic E-state index is 6.47. The van der Waals surface area contributed by atoms with E-state index in [-0.39, 0.29) is 0 Å². The molecule has 0 unspecified atom stereocenters.